The van der Waals surface area contributed by atoms with Gasteiger partial charge in [0.1, 0.15) is 17.4 Å². The Morgan fingerprint density at radius 3 is 2.62 bits per heavy atom. The van der Waals surface area contributed by atoms with Gasteiger partial charge in [0, 0.05) is 30.2 Å². The van der Waals surface area contributed by atoms with Gasteiger partial charge in [-0.25, -0.2) is 8.78 Å². The highest BCUT2D eigenvalue weighted by atomic mass is 127. The average molecular weight is 661 g/mol. The Hall–Kier alpha value is -3.65. The van der Waals surface area contributed by atoms with Crippen LogP contribution in [0.3, 0.4) is 0 Å². The van der Waals surface area contributed by atoms with E-state index in [1.165, 1.54) is 26.9 Å². The first-order chi connectivity index (χ1) is 19.2. The monoisotopic (exact) mass is 661 g/mol. The maximum Gasteiger partial charge on any atom is 0.266 e. The van der Waals surface area contributed by atoms with Crippen molar-refractivity contribution in [1.82, 2.24) is 22.4 Å². The quantitative estimate of drug-likeness (QED) is 0.197. The summed E-state index contributed by atoms with van der Waals surface area (Å²) >= 11 is 1.90. The van der Waals surface area contributed by atoms with Gasteiger partial charge in [0.15, 0.2) is 0 Å². The van der Waals surface area contributed by atoms with Gasteiger partial charge in [-0.3, -0.25) is 22.4 Å². The number of halogens is 3. The predicted molar refractivity (Wildman–Crippen MR) is 150 cm³/mol. The van der Waals surface area contributed by atoms with E-state index in [0.717, 1.165) is 17.8 Å². The van der Waals surface area contributed by atoms with Crippen molar-refractivity contribution >= 4 is 28.8 Å². The highest BCUT2D eigenvalue weighted by Gasteiger charge is 2.31. The zero-order valence-electron chi connectivity index (χ0n) is 21.8. The number of carbonyl (C=O) groups excluding carboxylic acids is 1. The Labute approximate surface area is 242 Å². The third kappa shape index (κ3) is 5.92. The van der Waals surface area contributed by atoms with Crippen molar-refractivity contribution in [2.24, 2.45) is 0 Å². The van der Waals surface area contributed by atoms with Crippen molar-refractivity contribution in [3.8, 4) is 5.75 Å². The van der Waals surface area contributed by atoms with Gasteiger partial charge < -0.3 is 14.0 Å². The number of nitrogens with zero attached hydrogens (tertiary/aromatic N) is 5. The van der Waals surface area contributed by atoms with Crippen molar-refractivity contribution in [2.75, 3.05) is 20.3 Å². The fraction of sp³-hybridized carbons (Fsp3) is 0.286. The molecule has 1 saturated heterocycles. The molecule has 208 valence electrons. The Morgan fingerprint density at radius 2 is 1.95 bits per heavy atom. The summed E-state index contributed by atoms with van der Waals surface area (Å²) in [4.78, 5) is 29.9. The molecule has 1 aliphatic rings. The number of hydrogen-bond acceptors (Lipinski definition) is 6. The maximum absolute atomic E-state index is 14.6. The minimum atomic E-state index is -0.498. The number of pyridine rings is 2. The molecule has 1 amide bonds. The van der Waals surface area contributed by atoms with Crippen LogP contribution < -0.4 is 10.3 Å². The third-order valence-corrected chi connectivity index (χ3v) is 7.56. The Kier molecular flexibility index (Phi) is 8.26. The number of amides is 1. The molecule has 0 bridgehead atoms. The largest absolute Gasteiger partial charge is 0.496 e. The van der Waals surface area contributed by atoms with Gasteiger partial charge >= 0.3 is 0 Å². The first-order valence-corrected chi connectivity index (χ1v) is 13.4. The summed E-state index contributed by atoms with van der Waals surface area (Å²) in [6.45, 7) is 3.25. The molecule has 12 heteroatoms. The summed E-state index contributed by atoms with van der Waals surface area (Å²) in [7, 11) is 1.52. The van der Waals surface area contributed by atoms with Crippen LogP contribution in [0.2, 0.25) is 0 Å². The molecule has 1 fully saturated rings. The first-order valence-electron chi connectivity index (χ1n) is 12.5. The van der Waals surface area contributed by atoms with E-state index in [1.54, 1.807) is 36.1 Å². The van der Waals surface area contributed by atoms with Gasteiger partial charge in [-0.15, -0.1) is 0 Å². The zero-order chi connectivity index (χ0) is 28.4. The second-order valence-corrected chi connectivity index (χ2v) is 10.7. The van der Waals surface area contributed by atoms with Crippen molar-refractivity contribution in [2.45, 2.75) is 32.5 Å². The molecule has 9 nitrogen and oxygen atoms in total. The van der Waals surface area contributed by atoms with Crippen molar-refractivity contribution in [1.29, 1.82) is 0 Å². The molecule has 40 heavy (non-hydrogen) atoms. The number of benzene rings is 1. The van der Waals surface area contributed by atoms with Crippen LogP contribution in [-0.2, 0) is 24.4 Å². The van der Waals surface area contributed by atoms with E-state index in [2.05, 4.69) is 10.1 Å². The first kappa shape index (κ1) is 27.9. The molecule has 1 aliphatic heterocycles. The summed E-state index contributed by atoms with van der Waals surface area (Å²) < 4.78 is 43.2. The summed E-state index contributed by atoms with van der Waals surface area (Å²) in [5.41, 5.74) is 3.19. The summed E-state index contributed by atoms with van der Waals surface area (Å²) in [6, 6.07) is 8.81. The fourth-order valence-electron chi connectivity index (χ4n) is 4.47. The molecule has 0 unspecified atom stereocenters. The van der Waals surface area contributed by atoms with Crippen LogP contribution in [0.4, 0.5) is 8.78 Å². The number of aromatic nitrogens is 4. The van der Waals surface area contributed by atoms with E-state index in [4.69, 9.17) is 9.47 Å². The molecule has 0 spiro atoms. The van der Waals surface area contributed by atoms with Gasteiger partial charge in [-0.05, 0) is 42.3 Å². The number of hydrogen-bond donors (Lipinski definition) is 0. The molecule has 0 aliphatic carbocycles. The minimum absolute atomic E-state index is 0.00891. The smallest absolute Gasteiger partial charge is 0.266 e. The zero-order valence-corrected chi connectivity index (χ0v) is 24.0. The average Bonchev–Trinajstić information content (AvgIpc) is 3.31. The second-order valence-electron chi connectivity index (χ2n) is 9.51. The maximum atomic E-state index is 14.6. The Balaban J connectivity index is 1.34. The molecule has 3 aromatic heterocycles. The van der Waals surface area contributed by atoms with Crippen LogP contribution >= 0.6 is 22.9 Å². The summed E-state index contributed by atoms with van der Waals surface area (Å²) in [6.07, 6.45) is 4.50. The highest BCUT2D eigenvalue weighted by molar-refractivity contribution is 14.1. The summed E-state index contributed by atoms with van der Waals surface area (Å²) in [5, 5.41) is 4.69. The molecule has 5 rings (SSSR count). The topological polar surface area (TPSA) is 91.5 Å². The molecule has 4 heterocycles. The normalized spacial score (nSPS) is 13.2. The van der Waals surface area contributed by atoms with Gasteiger partial charge in [0.2, 0.25) is 0 Å². The third-order valence-electron chi connectivity index (χ3n) is 6.78. The van der Waals surface area contributed by atoms with Crippen molar-refractivity contribution in [3.63, 3.8) is 0 Å². The molecule has 0 saturated carbocycles. The minimum Gasteiger partial charge on any atom is -0.496 e. The number of ether oxygens (including phenoxy) is 2. The SMILES string of the molecule is COc1ccc(F)c(CN(I)C(=O)c2cn(Cc3ccc(Cn4cc(F)ccc4=O)nc3)nc2C2COC2)c1C. The number of methoxy groups -OCH3 is 1. The van der Waals surface area contributed by atoms with E-state index in [0.29, 0.717) is 53.6 Å². The lowest BCUT2D eigenvalue weighted by molar-refractivity contribution is 0.00615. The molecule has 4 aromatic rings. The molecule has 1 aromatic carbocycles. The highest BCUT2D eigenvalue weighted by Crippen LogP contribution is 2.30. The van der Waals surface area contributed by atoms with E-state index >= 15 is 0 Å². The van der Waals surface area contributed by atoms with Crippen LogP contribution in [-0.4, -0.2) is 48.7 Å². The van der Waals surface area contributed by atoms with Crippen LogP contribution in [0.15, 0.2) is 59.8 Å². The van der Waals surface area contributed by atoms with Gasteiger partial charge in [0.05, 0.1) is 85.7 Å². The molecule has 0 radical (unpaired) electrons. The van der Waals surface area contributed by atoms with E-state index in [-0.39, 0.29) is 30.5 Å². The Bertz CT molecular complexity index is 1600. The predicted octanol–water partition coefficient (Wildman–Crippen LogP) is 4.24. The van der Waals surface area contributed by atoms with Crippen LogP contribution in [0.25, 0.3) is 0 Å². The van der Waals surface area contributed by atoms with Gasteiger partial charge in [0.25, 0.3) is 11.5 Å². The fourth-order valence-corrected chi connectivity index (χ4v) is 5.07. The van der Waals surface area contributed by atoms with Crippen LogP contribution in [0.5, 0.6) is 5.75 Å². The second kappa shape index (κ2) is 11.8. The lowest BCUT2D eigenvalue weighted by Gasteiger charge is -2.25. The molecule has 0 N–H and O–H groups in total. The number of carbonyl (C=O) groups is 1. The Morgan fingerprint density at radius 1 is 1.15 bits per heavy atom. The lowest BCUT2D eigenvalue weighted by atomic mass is 10.00. The standard InChI is InChI=1S/C28H26F2IN5O4/c1-17-22(24(30)6-7-25(17)39-2)14-36(31)28(38)23-13-35(33-27(23)19-15-40-16-19)10-18-3-5-21(32-9-18)12-34-11-20(29)4-8-26(34)37/h3-9,11,13,19H,10,12,14-16H2,1-2H3. The van der Waals surface area contributed by atoms with Crippen molar-refractivity contribution in [3.05, 3.63) is 111 Å². The van der Waals surface area contributed by atoms with Gasteiger partial charge in [-0.1, -0.05) is 6.07 Å². The molecular formula is C28H26F2IN5O4. The summed E-state index contributed by atoms with van der Waals surface area (Å²) in [5.74, 6) is -0.651. The number of rotatable bonds is 9. The van der Waals surface area contributed by atoms with E-state index in [1.807, 2.05) is 28.9 Å². The molecular weight excluding hydrogens is 635 g/mol. The molecule has 0 atom stereocenters. The van der Waals surface area contributed by atoms with E-state index in [9.17, 15) is 18.4 Å². The van der Waals surface area contributed by atoms with Gasteiger partial charge in [-0.2, -0.15) is 5.10 Å². The van der Waals surface area contributed by atoms with Crippen LogP contribution in [0.1, 0.15) is 44.4 Å². The van der Waals surface area contributed by atoms with E-state index < -0.39 is 11.6 Å². The lowest BCUT2D eigenvalue weighted by Crippen LogP contribution is -2.29. The van der Waals surface area contributed by atoms with Crippen molar-refractivity contribution < 1.29 is 23.0 Å². The van der Waals surface area contributed by atoms with Crippen LogP contribution in [0, 0.1) is 18.6 Å².